The Labute approximate surface area is 118 Å². The molecular formula is C17H26N2. The van der Waals surface area contributed by atoms with Crippen LogP contribution in [0.3, 0.4) is 0 Å². The van der Waals surface area contributed by atoms with Gasteiger partial charge < -0.3 is 5.73 Å². The highest BCUT2D eigenvalue weighted by Crippen LogP contribution is 2.13. The van der Waals surface area contributed by atoms with E-state index in [0.717, 1.165) is 31.1 Å². The average molecular weight is 258 g/mol. The predicted octanol–water partition coefficient (Wildman–Crippen LogP) is 2.86. The van der Waals surface area contributed by atoms with Gasteiger partial charge in [0.2, 0.25) is 0 Å². The molecule has 0 saturated heterocycles. The maximum absolute atomic E-state index is 5.45. The lowest BCUT2D eigenvalue weighted by Gasteiger charge is -2.24. The fraction of sp³-hybridized carbons (Fsp3) is 0.529. The van der Waals surface area contributed by atoms with Gasteiger partial charge in [-0.25, -0.2) is 0 Å². The van der Waals surface area contributed by atoms with E-state index in [1.807, 2.05) is 6.07 Å². The summed E-state index contributed by atoms with van der Waals surface area (Å²) in [7, 11) is 0. The maximum atomic E-state index is 5.45. The summed E-state index contributed by atoms with van der Waals surface area (Å²) in [5.41, 5.74) is 7.86. The first-order valence-corrected chi connectivity index (χ1v) is 7.20. The van der Waals surface area contributed by atoms with Gasteiger partial charge in [-0.15, -0.1) is 0 Å². The Balaban J connectivity index is 2.79. The molecule has 1 aromatic carbocycles. The topological polar surface area (TPSA) is 29.3 Å². The summed E-state index contributed by atoms with van der Waals surface area (Å²) in [5.74, 6) is 6.85. The van der Waals surface area contributed by atoms with E-state index < -0.39 is 0 Å². The Morgan fingerprint density at radius 2 is 2.00 bits per heavy atom. The van der Waals surface area contributed by atoms with Crippen molar-refractivity contribution in [2.75, 3.05) is 19.6 Å². The molecule has 0 aliphatic carbocycles. The molecule has 1 unspecified atom stereocenters. The Hall–Kier alpha value is -1.30. The molecule has 0 amide bonds. The molecule has 0 aliphatic heterocycles. The van der Waals surface area contributed by atoms with Gasteiger partial charge >= 0.3 is 0 Å². The van der Waals surface area contributed by atoms with Crippen LogP contribution in [0.15, 0.2) is 24.3 Å². The Kier molecular flexibility index (Phi) is 7.25. The van der Waals surface area contributed by atoms with Crippen molar-refractivity contribution in [2.45, 2.75) is 33.7 Å². The summed E-state index contributed by atoms with van der Waals surface area (Å²) in [4.78, 5) is 2.48. The van der Waals surface area contributed by atoms with Crippen LogP contribution in [0, 0.1) is 17.8 Å². The molecule has 0 radical (unpaired) electrons. The normalized spacial score (nSPS) is 12.1. The lowest BCUT2D eigenvalue weighted by molar-refractivity contribution is 0.238. The van der Waals surface area contributed by atoms with Crippen molar-refractivity contribution < 1.29 is 0 Å². The molecule has 0 aliphatic rings. The number of benzene rings is 1. The van der Waals surface area contributed by atoms with E-state index in [0.29, 0.717) is 6.54 Å². The fourth-order valence-corrected chi connectivity index (χ4v) is 2.04. The Morgan fingerprint density at radius 1 is 1.26 bits per heavy atom. The summed E-state index contributed by atoms with van der Waals surface area (Å²) in [5, 5.41) is 0. The Morgan fingerprint density at radius 3 is 2.63 bits per heavy atom. The van der Waals surface area contributed by atoms with Crippen LogP contribution in [0.2, 0.25) is 0 Å². The molecule has 0 fully saturated rings. The largest absolute Gasteiger partial charge is 0.320 e. The molecule has 2 N–H and O–H groups in total. The first-order valence-electron chi connectivity index (χ1n) is 7.20. The van der Waals surface area contributed by atoms with Gasteiger partial charge in [0.05, 0.1) is 6.54 Å². The van der Waals surface area contributed by atoms with Crippen molar-refractivity contribution in [2.24, 2.45) is 11.7 Å². The van der Waals surface area contributed by atoms with E-state index in [-0.39, 0.29) is 0 Å². The molecule has 2 nitrogen and oxygen atoms in total. The number of nitrogens with two attached hydrogens (primary N) is 1. The Bertz CT molecular complexity index is 428. The molecule has 1 aromatic rings. The van der Waals surface area contributed by atoms with Crippen LogP contribution in [0.4, 0.5) is 0 Å². The van der Waals surface area contributed by atoms with Gasteiger partial charge in [-0.05, 0) is 24.1 Å². The molecular weight excluding hydrogens is 232 g/mol. The lowest BCUT2D eigenvalue weighted by Crippen LogP contribution is -2.28. The highest BCUT2D eigenvalue weighted by Gasteiger charge is 2.09. The highest BCUT2D eigenvalue weighted by atomic mass is 15.1. The van der Waals surface area contributed by atoms with Gasteiger partial charge in [-0.1, -0.05) is 57.2 Å². The molecule has 0 bridgehead atoms. The zero-order chi connectivity index (χ0) is 14.1. The average Bonchev–Trinajstić information content (AvgIpc) is 2.45. The van der Waals surface area contributed by atoms with Gasteiger partial charge in [0.25, 0.3) is 0 Å². The van der Waals surface area contributed by atoms with Gasteiger partial charge in [0.15, 0.2) is 0 Å². The number of hydrogen-bond donors (Lipinski definition) is 1. The van der Waals surface area contributed by atoms with Crippen LogP contribution in [-0.4, -0.2) is 24.5 Å². The minimum Gasteiger partial charge on any atom is -0.320 e. The van der Waals surface area contributed by atoms with Crippen molar-refractivity contribution in [3.8, 4) is 11.8 Å². The van der Waals surface area contributed by atoms with Crippen molar-refractivity contribution in [3.63, 3.8) is 0 Å². The zero-order valence-electron chi connectivity index (χ0n) is 12.4. The van der Waals surface area contributed by atoms with Gasteiger partial charge in [-0.2, -0.15) is 0 Å². The van der Waals surface area contributed by atoms with Crippen LogP contribution in [0.5, 0.6) is 0 Å². The molecule has 0 spiro atoms. The SMILES string of the molecule is CCC(C)CN(CC)Cc1ccccc1C#CCN. The number of nitrogens with zero attached hydrogens (tertiary/aromatic N) is 1. The van der Waals surface area contributed by atoms with Crippen LogP contribution in [0.1, 0.15) is 38.3 Å². The van der Waals surface area contributed by atoms with E-state index in [4.69, 9.17) is 5.73 Å². The van der Waals surface area contributed by atoms with E-state index in [9.17, 15) is 0 Å². The van der Waals surface area contributed by atoms with E-state index in [1.165, 1.54) is 12.0 Å². The van der Waals surface area contributed by atoms with Crippen LogP contribution in [-0.2, 0) is 6.54 Å². The molecule has 104 valence electrons. The minimum absolute atomic E-state index is 0.415. The molecule has 2 heteroatoms. The molecule has 19 heavy (non-hydrogen) atoms. The van der Waals surface area contributed by atoms with Crippen LogP contribution < -0.4 is 5.73 Å². The van der Waals surface area contributed by atoms with Crippen molar-refractivity contribution in [1.82, 2.24) is 4.90 Å². The third-order valence-corrected chi connectivity index (χ3v) is 3.45. The molecule has 0 aromatic heterocycles. The minimum atomic E-state index is 0.415. The first kappa shape index (κ1) is 15.8. The zero-order valence-corrected chi connectivity index (χ0v) is 12.4. The molecule has 1 atom stereocenters. The van der Waals surface area contributed by atoms with Crippen molar-refractivity contribution >= 4 is 0 Å². The third-order valence-electron chi connectivity index (χ3n) is 3.45. The first-order chi connectivity index (χ1) is 9.21. The second-order valence-electron chi connectivity index (χ2n) is 5.00. The standard InChI is InChI=1S/C17H26N2/c1-4-15(3)13-19(5-2)14-17-10-7-6-9-16(17)11-8-12-18/h6-7,9-10,15H,4-5,12-14,18H2,1-3H3. The molecule has 0 heterocycles. The van der Waals surface area contributed by atoms with E-state index >= 15 is 0 Å². The number of hydrogen-bond acceptors (Lipinski definition) is 2. The van der Waals surface area contributed by atoms with Crippen LogP contribution >= 0.6 is 0 Å². The maximum Gasteiger partial charge on any atom is 0.0555 e. The van der Waals surface area contributed by atoms with Crippen molar-refractivity contribution in [1.29, 1.82) is 0 Å². The van der Waals surface area contributed by atoms with Crippen LogP contribution in [0.25, 0.3) is 0 Å². The third kappa shape index (κ3) is 5.46. The van der Waals surface area contributed by atoms with Gasteiger partial charge in [0, 0.05) is 18.7 Å². The summed E-state index contributed by atoms with van der Waals surface area (Å²) in [6, 6.07) is 8.36. The van der Waals surface area contributed by atoms with Gasteiger partial charge in [0.1, 0.15) is 0 Å². The monoisotopic (exact) mass is 258 g/mol. The van der Waals surface area contributed by atoms with E-state index in [1.54, 1.807) is 0 Å². The fourth-order valence-electron chi connectivity index (χ4n) is 2.04. The van der Waals surface area contributed by atoms with E-state index in [2.05, 4.69) is 55.7 Å². The lowest BCUT2D eigenvalue weighted by atomic mass is 10.1. The summed E-state index contributed by atoms with van der Waals surface area (Å²) in [6.45, 7) is 10.4. The summed E-state index contributed by atoms with van der Waals surface area (Å²) >= 11 is 0. The smallest absolute Gasteiger partial charge is 0.0555 e. The second kappa shape index (κ2) is 8.74. The number of rotatable bonds is 6. The molecule has 0 saturated carbocycles. The highest BCUT2D eigenvalue weighted by molar-refractivity contribution is 5.41. The quantitative estimate of drug-likeness (QED) is 0.795. The van der Waals surface area contributed by atoms with Crippen molar-refractivity contribution in [3.05, 3.63) is 35.4 Å². The van der Waals surface area contributed by atoms with Gasteiger partial charge in [-0.3, -0.25) is 4.90 Å². The predicted molar refractivity (Wildman–Crippen MR) is 82.8 cm³/mol. The second-order valence-corrected chi connectivity index (χ2v) is 5.00. The summed E-state index contributed by atoms with van der Waals surface area (Å²) in [6.07, 6.45) is 1.23. The summed E-state index contributed by atoms with van der Waals surface area (Å²) < 4.78 is 0. The molecule has 1 rings (SSSR count).